The van der Waals surface area contributed by atoms with Gasteiger partial charge in [0.2, 0.25) is 17.8 Å². The monoisotopic (exact) mass is 1200 g/mol. The molecule has 84 heavy (non-hydrogen) atoms. The van der Waals surface area contributed by atoms with Crippen molar-refractivity contribution < 1.29 is 63.1 Å². The van der Waals surface area contributed by atoms with Crippen molar-refractivity contribution in [2.75, 3.05) is 34.4 Å². The SMILES string of the molecule is CC1CC(C(C)(C)C)C(OC(=O)C2=C(c3ccccc3)/C(=C/c3[n-]c(NC(=O)C(C)(C)C)c(C(=O)OC4C(C(C)(C)C)CC(C)CC4C(C)(C)C)c3-c3ccccc3)N=C2Nc2nc(NCC(=O)O)nc(NCC(=O)O)n2)C(C(C)(C)C)C1.[Zn]. The summed E-state index contributed by atoms with van der Waals surface area (Å²) in [5.41, 5.74) is 0.428. The molecule has 6 N–H and O–H groups in total. The number of rotatable bonds is 15. The minimum Gasteiger partial charge on any atom is -0.480 e. The average molecular weight is 1200 g/mol. The molecule has 2 aromatic carbocycles. The van der Waals surface area contributed by atoms with Gasteiger partial charge in [0.05, 0.1) is 11.3 Å². The number of amidine groups is 1. The van der Waals surface area contributed by atoms with Crippen LogP contribution in [0, 0.1) is 62.6 Å². The first-order valence-corrected chi connectivity index (χ1v) is 29.1. The smallest absolute Gasteiger partial charge is 0.342 e. The molecule has 450 valence electrons. The molecule has 7 rings (SSSR count). The number of aromatic nitrogens is 4. The second-order valence-electron chi connectivity index (χ2n) is 28.5. The Kier molecular flexibility index (Phi) is 20.4. The third-order valence-corrected chi connectivity index (χ3v) is 16.5. The van der Waals surface area contributed by atoms with Crippen LogP contribution in [0.25, 0.3) is 22.8 Å². The Morgan fingerprint density at radius 1 is 0.595 bits per heavy atom. The number of hydrogen-bond acceptors (Lipinski definition) is 14. The summed E-state index contributed by atoms with van der Waals surface area (Å²) in [5, 5.41) is 30.6. The Balaban J connectivity index is 0.0000113. The fraction of sp³-hybridized carbons (Fsp3) is 0.554. The molecule has 0 saturated heterocycles. The molecule has 3 aliphatic rings. The molecule has 1 aliphatic heterocycles. The minimum absolute atomic E-state index is 0. The molecule has 0 radical (unpaired) electrons. The maximum Gasteiger partial charge on any atom is 0.342 e. The van der Waals surface area contributed by atoms with E-state index < -0.39 is 54.6 Å². The molecule has 4 aromatic rings. The molecular weight excluding hydrogens is 1120 g/mol. The molecule has 4 unspecified atom stereocenters. The van der Waals surface area contributed by atoms with Crippen LogP contribution in [0.1, 0.15) is 165 Å². The average Bonchev–Trinajstić information content (AvgIpc) is 4.10. The number of nitrogens with one attached hydrogen (secondary N) is 4. The van der Waals surface area contributed by atoms with Crippen molar-refractivity contribution in [1.29, 1.82) is 0 Å². The van der Waals surface area contributed by atoms with Crippen LogP contribution in [-0.2, 0) is 48.1 Å². The summed E-state index contributed by atoms with van der Waals surface area (Å²) in [5.74, 6) is -4.24. The van der Waals surface area contributed by atoms with Gasteiger partial charge in [0.1, 0.15) is 42.6 Å². The number of amides is 1. The number of carbonyl (C=O) groups is 5. The molecule has 2 aromatic heterocycles. The number of esters is 2. The second-order valence-corrected chi connectivity index (χ2v) is 28.5. The van der Waals surface area contributed by atoms with Crippen LogP contribution in [-0.4, -0.2) is 86.1 Å². The van der Waals surface area contributed by atoms with E-state index in [0.29, 0.717) is 34.1 Å². The van der Waals surface area contributed by atoms with Gasteiger partial charge in [0, 0.05) is 54.1 Å². The van der Waals surface area contributed by atoms with E-state index in [4.69, 9.17) is 19.5 Å². The minimum atomic E-state index is -1.21. The van der Waals surface area contributed by atoms with Gasteiger partial charge in [-0.15, -0.1) is 0 Å². The molecule has 4 atom stereocenters. The zero-order chi connectivity index (χ0) is 61.3. The Labute approximate surface area is 508 Å². The van der Waals surface area contributed by atoms with E-state index in [1.807, 2.05) is 60.7 Å². The van der Waals surface area contributed by atoms with Crippen LogP contribution >= 0.6 is 0 Å². The summed E-state index contributed by atoms with van der Waals surface area (Å²) in [6.45, 7) is 34.8. The molecule has 3 heterocycles. The van der Waals surface area contributed by atoms with Crippen LogP contribution in [0.2, 0.25) is 0 Å². The summed E-state index contributed by atoms with van der Waals surface area (Å²) < 4.78 is 13.9. The molecule has 2 saturated carbocycles. The number of benzene rings is 2. The fourth-order valence-corrected chi connectivity index (χ4v) is 12.1. The van der Waals surface area contributed by atoms with Crippen molar-refractivity contribution in [2.45, 2.75) is 156 Å². The van der Waals surface area contributed by atoms with Gasteiger partial charge in [-0.2, -0.15) is 15.0 Å². The molecule has 1 amide bonds. The van der Waals surface area contributed by atoms with Crippen molar-refractivity contribution in [2.24, 2.45) is 67.6 Å². The zero-order valence-electron chi connectivity index (χ0n) is 52.4. The van der Waals surface area contributed by atoms with Gasteiger partial charge in [-0.25, -0.2) is 14.6 Å². The summed E-state index contributed by atoms with van der Waals surface area (Å²) in [6.07, 6.45) is 4.01. The maximum absolute atomic E-state index is 15.9. The topological polar surface area (TPSA) is 258 Å². The first-order chi connectivity index (χ1) is 38.5. The number of aliphatic imine (C=N–C) groups is 1. The fourth-order valence-electron chi connectivity index (χ4n) is 12.1. The van der Waals surface area contributed by atoms with Gasteiger partial charge in [-0.05, 0) is 93.5 Å². The van der Waals surface area contributed by atoms with Gasteiger partial charge in [-0.1, -0.05) is 178 Å². The van der Waals surface area contributed by atoms with Crippen LogP contribution in [0.4, 0.5) is 23.7 Å². The van der Waals surface area contributed by atoms with Crippen molar-refractivity contribution >= 4 is 70.9 Å². The second kappa shape index (κ2) is 25.8. The number of carbonyl (C=O) groups excluding carboxylic acids is 3. The maximum atomic E-state index is 15.9. The summed E-state index contributed by atoms with van der Waals surface area (Å²) in [6, 6.07) is 18.5. The van der Waals surface area contributed by atoms with Gasteiger partial charge in [-0.3, -0.25) is 14.4 Å². The number of anilines is 4. The van der Waals surface area contributed by atoms with Crippen molar-refractivity contribution in [3.05, 3.63) is 88.8 Å². The van der Waals surface area contributed by atoms with Crippen molar-refractivity contribution in [3.63, 3.8) is 0 Å². The van der Waals surface area contributed by atoms with E-state index in [2.05, 4.69) is 133 Å². The Morgan fingerprint density at radius 2 is 1.00 bits per heavy atom. The first-order valence-electron chi connectivity index (χ1n) is 29.1. The molecule has 19 heteroatoms. The first kappa shape index (κ1) is 66.4. The predicted octanol–water partition coefficient (Wildman–Crippen LogP) is 12.7. The molecule has 2 aliphatic carbocycles. The van der Waals surface area contributed by atoms with E-state index in [9.17, 15) is 24.6 Å². The van der Waals surface area contributed by atoms with Gasteiger partial charge < -0.3 is 45.9 Å². The summed E-state index contributed by atoms with van der Waals surface area (Å²) in [4.78, 5) is 92.9. The number of aliphatic carboxylic acids is 2. The van der Waals surface area contributed by atoms with Crippen LogP contribution in [0.5, 0.6) is 0 Å². The number of allylic oxidation sites excluding steroid dienone is 1. The molecule has 0 bridgehead atoms. The van der Waals surface area contributed by atoms with E-state index in [1.165, 1.54) is 0 Å². The van der Waals surface area contributed by atoms with Crippen molar-refractivity contribution in [3.8, 4) is 11.1 Å². The third-order valence-electron chi connectivity index (χ3n) is 16.5. The number of ether oxygens (including phenoxy) is 2. The van der Waals surface area contributed by atoms with E-state index in [-0.39, 0.29) is 123 Å². The Morgan fingerprint density at radius 3 is 1.40 bits per heavy atom. The van der Waals surface area contributed by atoms with Gasteiger partial charge in [0.25, 0.3) is 0 Å². The zero-order valence-corrected chi connectivity index (χ0v) is 55.4. The molecule has 0 spiro atoms. The molecule has 2 fully saturated rings. The molecule has 18 nitrogen and oxygen atoms in total. The third kappa shape index (κ3) is 16.0. The Hall–Kier alpha value is -6.75. The van der Waals surface area contributed by atoms with Crippen LogP contribution in [0.15, 0.2) is 76.9 Å². The molecular formula is C65H88N9O9Zn-. The number of carboxylic acids is 2. The van der Waals surface area contributed by atoms with Gasteiger partial charge in [0.15, 0.2) is 0 Å². The standard InChI is InChI=1S/C65H89N9O9.Zn/c1-35-28-39(61(3,4)5)51(40(29-35)62(6,7)8)82-55(79)49-47(37-24-20-18-21-25-37)43(68-53(49)70-57(81)65(15,16)17)32-44-48(38-26-22-19-23-27-38)50(56(80)83-52-41(63(9,10)11)30-36(2)31-42(52)64(12,13)14)54(69-44)71-60-73-58(66-33-45(75)76)72-59(74-60)67-34-46(77)78;/h18-27,32,35-36,39-42,51-52H,28-31,33-34H2,1-17H3,(H7,66,67,68,69,70,71,72,73,74,75,76,77,78,79,80,81);/p-1. The largest absolute Gasteiger partial charge is 0.480 e. The predicted molar refractivity (Wildman–Crippen MR) is 325 cm³/mol. The number of nitrogens with zero attached hydrogens (tertiary/aromatic N) is 5. The Bertz CT molecular complexity index is 3070. The van der Waals surface area contributed by atoms with Gasteiger partial charge >= 0.3 is 23.9 Å². The number of hydrogen-bond donors (Lipinski definition) is 6. The van der Waals surface area contributed by atoms with E-state index in [1.54, 1.807) is 26.8 Å². The quantitative estimate of drug-likeness (QED) is 0.0478. The van der Waals surface area contributed by atoms with Crippen LogP contribution in [0.3, 0.4) is 0 Å². The summed E-state index contributed by atoms with van der Waals surface area (Å²) >= 11 is 0. The van der Waals surface area contributed by atoms with E-state index in [0.717, 1.165) is 25.7 Å². The van der Waals surface area contributed by atoms with Crippen LogP contribution < -0.4 is 26.3 Å². The normalized spacial score (nSPS) is 22.8. The summed E-state index contributed by atoms with van der Waals surface area (Å²) in [7, 11) is 0. The number of carboxylic acid groups (broad SMARTS) is 2. The van der Waals surface area contributed by atoms with Crippen molar-refractivity contribution in [1.82, 2.24) is 19.9 Å². The van der Waals surface area contributed by atoms with E-state index >= 15 is 9.59 Å².